The van der Waals surface area contributed by atoms with Crippen LogP contribution >= 0.6 is 0 Å². The molecule has 0 aliphatic rings. The summed E-state index contributed by atoms with van der Waals surface area (Å²) in [6.45, 7) is 14.9. The van der Waals surface area contributed by atoms with Gasteiger partial charge in [0.2, 0.25) is 0 Å². The molecule has 0 radical (unpaired) electrons. The normalized spacial score (nSPS) is 12.6. The molecule has 0 amide bonds. The molecule has 17 nitrogen and oxygen atoms in total. The molecule has 3 unspecified atom stereocenters. The summed E-state index contributed by atoms with van der Waals surface area (Å²) in [5.41, 5.74) is 0. The van der Waals surface area contributed by atoms with Crippen molar-refractivity contribution >= 4 is 0 Å². The van der Waals surface area contributed by atoms with Crippen LogP contribution in [-0.4, -0.2) is 214 Å². The van der Waals surface area contributed by atoms with Gasteiger partial charge in [0.05, 0.1) is 145 Å². The Morgan fingerprint density at radius 1 is 0.321 bits per heavy atom. The zero-order valence-corrected chi connectivity index (χ0v) is 32.4. The first-order valence-electron chi connectivity index (χ1n) is 18.7. The molecule has 17 heteroatoms. The third-order valence-electron chi connectivity index (χ3n) is 5.97. The van der Waals surface area contributed by atoms with Gasteiger partial charge in [0.1, 0.15) is 12.2 Å². The molecule has 0 aromatic carbocycles. The molecular formula is C36H80O17. The molecule has 0 aliphatic carbocycles. The van der Waals surface area contributed by atoms with Crippen LogP contribution in [0.25, 0.3) is 0 Å². The molecule has 0 aliphatic heterocycles. The maximum Gasteiger partial charge on any atom is 0.104 e. The van der Waals surface area contributed by atoms with Gasteiger partial charge in [-0.3, -0.25) is 0 Å². The van der Waals surface area contributed by atoms with Gasteiger partial charge in [0.15, 0.2) is 0 Å². The fourth-order valence-corrected chi connectivity index (χ4v) is 3.55. The average molecular weight is 785 g/mol. The van der Waals surface area contributed by atoms with Crippen molar-refractivity contribution in [1.82, 2.24) is 0 Å². The molecule has 0 aromatic rings. The number of hydrogen-bond acceptors (Lipinski definition) is 17. The van der Waals surface area contributed by atoms with Crippen molar-refractivity contribution in [3.63, 3.8) is 0 Å². The second-order valence-corrected chi connectivity index (χ2v) is 10.8. The molecule has 53 heavy (non-hydrogen) atoms. The largest absolute Gasteiger partial charge is 0.396 e. The summed E-state index contributed by atoms with van der Waals surface area (Å²) in [6.07, 6.45) is 2.94. The van der Waals surface area contributed by atoms with Crippen LogP contribution < -0.4 is 0 Å². The van der Waals surface area contributed by atoms with Crippen molar-refractivity contribution in [2.24, 2.45) is 0 Å². The predicted octanol–water partition coefficient (Wildman–Crippen LogP) is 0.458. The topological polar surface area (TPSA) is 223 Å². The van der Waals surface area contributed by atoms with Crippen molar-refractivity contribution < 1.29 is 82.7 Å². The van der Waals surface area contributed by atoms with E-state index < -0.39 is 0 Å². The van der Waals surface area contributed by atoms with E-state index in [2.05, 4.69) is 6.92 Å². The lowest BCUT2D eigenvalue weighted by molar-refractivity contribution is -0.0819. The van der Waals surface area contributed by atoms with Crippen LogP contribution in [0.2, 0.25) is 0 Å². The van der Waals surface area contributed by atoms with Crippen LogP contribution in [0.5, 0.6) is 0 Å². The predicted molar refractivity (Wildman–Crippen MR) is 201 cm³/mol. The molecule has 0 saturated heterocycles. The van der Waals surface area contributed by atoms with Crippen molar-refractivity contribution in [1.29, 1.82) is 0 Å². The van der Waals surface area contributed by atoms with Crippen molar-refractivity contribution in [3.05, 3.63) is 0 Å². The van der Waals surface area contributed by atoms with E-state index in [1.54, 1.807) is 0 Å². The standard InChI is InChI=1S/C14H30O7.C11H24O5.C10H22O5.CH4/c1-2-5-17-8-9-20-13-14(12-19-7-4-16)21-11-10-18-6-3-15;1-2-6-15-10-11(3-4-12)16-9-8-14-7-5-13;1-2-4-14-9-10(8-12)15-7-6-13-5-3-11;/h14-16H,2-13H2,1H3;11-13H,2-10H2,1H3;10-12H,2-9H2,1H3;1H4. The van der Waals surface area contributed by atoms with Gasteiger partial charge in [-0.25, -0.2) is 0 Å². The minimum atomic E-state index is -0.283. The third kappa shape index (κ3) is 53.5. The van der Waals surface area contributed by atoms with Crippen LogP contribution in [0.4, 0.5) is 0 Å². The quantitative estimate of drug-likeness (QED) is 0.0465. The SMILES string of the molecule is C.CCCOCC(CCO)OCCOCCO.CCCOCC(CO)OCCOCCO.CCCOCCOCC(COCCO)OCCOCCO. The highest BCUT2D eigenvalue weighted by atomic mass is 16.6. The average Bonchev–Trinajstić information content (AvgIpc) is 3.15. The molecule has 0 saturated carbocycles. The Kier molecular flexibility index (Phi) is 62.0. The fourth-order valence-electron chi connectivity index (χ4n) is 3.55. The van der Waals surface area contributed by atoms with Crippen LogP contribution in [-0.2, 0) is 52.1 Å². The van der Waals surface area contributed by atoms with Gasteiger partial charge in [0.25, 0.3) is 0 Å². The Balaban J connectivity index is -0.000000343. The van der Waals surface area contributed by atoms with Crippen LogP contribution in [0, 0.1) is 0 Å². The zero-order valence-electron chi connectivity index (χ0n) is 32.4. The van der Waals surface area contributed by atoms with Gasteiger partial charge < -0.3 is 82.7 Å². The summed E-state index contributed by atoms with van der Waals surface area (Å²) in [6, 6.07) is 0. The lowest BCUT2D eigenvalue weighted by Gasteiger charge is -2.18. The van der Waals surface area contributed by atoms with E-state index in [4.69, 9.17) is 82.7 Å². The summed E-state index contributed by atoms with van der Waals surface area (Å²) >= 11 is 0. The highest BCUT2D eigenvalue weighted by Crippen LogP contribution is 2.00. The maximum atomic E-state index is 8.94. The fraction of sp³-hybridized carbons (Fsp3) is 1.00. The molecule has 0 bridgehead atoms. The van der Waals surface area contributed by atoms with Crippen LogP contribution in [0.15, 0.2) is 0 Å². The summed E-state index contributed by atoms with van der Waals surface area (Å²) < 4.78 is 58.2. The minimum absolute atomic E-state index is 0. The van der Waals surface area contributed by atoms with Crippen molar-refractivity contribution in [3.8, 4) is 0 Å². The Morgan fingerprint density at radius 2 is 0.623 bits per heavy atom. The summed E-state index contributed by atoms with van der Waals surface area (Å²) in [4.78, 5) is 0. The number of aliphatic hydroxyl groups excluding tert-OH is 6. The maximum absolute atomic E-state index is 8.94. The number of hydrogen-bond donors (Lipinski definition) is 6. The number of aliphatic hydroxyl groups is 6. The highest BCUT2D eigenvalue weighted by Gasteiger charge is 2.11. The van der Waals surface area contributed by atoms with E-state index in [9.17, 15) is 0 Å². The van der Waals surface area contributed by atoms with Gasteiger partial charge in [-0.2, -0.15) is 0 Å². The van der Waals surface area contributed by atoms with Crippen LogP contribution in [0.1, 0.15) is 53.9 Å². The van der Waals surface area contributed by atoms with E-state index in [1.807, 2.05) is 13.8 Å². The molecule has 326 valence electrons. The smallest absolute Gasteiger partial charge is 0.104 e. The first-order valence-corrected chi connectivity index (χ1v) is 18.7. The Labute approximate surface area is 320 Å². The Morgan fingerprint density at radius 3 is 1.06 bits per heavy atom. The van der Waals surface area contributed by atoms with Gasteiger partial charge >= 0.3 is 0 Å². The second kappa shape index (κ2) is 55.7. The first-order chi connectivity index (χ1) is 25.5. The zero-order chi connectivity index (χ0) is 39.0. The molecule has 6 N–H and O–H groups in total. The van der Waals surface area contributed by atoms with Gasteiger partial charge in [-0.05, 0) is 25.7 Å². The van der Waals surface area contributed by atoms with E-state index in [-0.39, 0.29) is 72.0 Å². The van der Waals surface area contributed by atoms with E-state index in [0.29, 0.717) is 119 Å². The summed E-state index contributed by atoms with van der Waals surface area (Å²) in [7, 11) is 0. The van der Waals surface area contributed by atoms with Crippen molar-refractivity contribution in [2.75, 3.05) is 165 Å². The molecular weight excluding hydrogens is 704 g/mol. The first kappa shape index (κ1) is 59.0. The summed E-state index contributed by atoms with van der Waals surface area (Å²) in [5.74, 6) is 0. The third-order valence-corrected chi connectivity index (χ3v) is 5.97. The number of ether oxygens (including phenoxy) is 11. The second-order valence-electron chi connectivity index (χ2n) is 10.8. The molecule has 0 heterocycles. The Bertz CT molecular complexity index is 598. The van der Waals surface area contributed by atoms with Gasteiger partial charge in [-0.15, -0.1) is 0 Å². The van der Waals surface area contributed by atoms with E-state index in [0.717, 1.165) is 25.9 Å². The van der Waals surface area contributed by atoms with Crippen molar-refractivity contribution in [2.45, 2.75) is 72.2 Å². The monoisotopic (exact) mass is 785 g/mol. The molecule has 0 spiro atoms. The van der Waals surface area contributed by atoms with E-state index in [1.165, 1.54) is 0 Å². The summed E-state index contributed by atoms with van der Waals surface area (Å²) in [5, 5.41) is 52.0. The molecule has 0 aromatic heterocycles. The molecule has 3 atom stereocenters. The molecule has 0 rings (SSSR count). The lowest BCUT2D eigenvalue weighted by Crippen LogP contribution is -2.28. The minimum Gasteiger partial charge on any atom is -0.396 e. The highest BCUT2D eigenvalue weighted by molar-refractivity contribution is 4.57. The van der Waals surface area contributed by atoms with Gasteiger partial charge in [0, 0.05) is 26.4 Å². The van der Waals surface area contributed by atoms with E-state index >= 15 is 0 Å². The molecule has 0 fully saturated rings. The number of rotatable bonds is 40. The lowest BCUT2D eigenvalue weighted by atomic mass is 10.3. The van der Waals surface area contributed by atoms with Crippen LogP contribution in [0.3, 0.4) is 0 Å². The van der Waals surface area contributed by atoms with Gasteiger partial charge in [-0.1, -0.05) is 28.2 Å². The Hall–Kier alpha value is -0.680.